The van der Waals surface area contributed by atoms with E-state index in [-0.39, 0.29) is 11.6 Å². The van der Waals surface area contributed by atoms with Gasteiger partial charge in [0, 0.05) is 12.7 Å². The highest BCUT2D eigenvalue weighted by Crippen LogP contribution is 2.26. The summed E-state index contributed by atoms with van der Waals surface area (Å²) in [5.41, 5.74) is 0.447. The lowest BCUT2D eigenvalue weighted by Gasteiger charge is -2.26. The van der Waals surface area contributed by atoms with Crippen LogP contribution in [0.2, 0.25) is 0 Å². The second-order valence-electron chi connectivity index (χ2n) is 9.64. The Bertz CT molecular complexity index is 826. The summed E-state index contributed by atoms with van der Waals surface area (Å²) < 4.78 is 45.9. The Labute approximate surface area is 212 Å². The van der Waals surface area contributed by atoms with Gasteiger partial charge in [0.25, 0.3) is 0 Å². The maximum Gasteiger partial charge on any atom is 0.788 e. The first-order valence-corrected chi connectivity index (χ1v) is 12.8. The van der Waals surface area contributed by atoms with Gasteiger partial charge in [-0.05, 0) is 30.7 Å². The molecule has 0 unspecified atom stereocenters. The van der Waals surface area contributed by atoms with E-state index < -0.39 is 13.1 Å². The smallest absolute Gasteiger partial charge is 0.501 e. The van der Waals surface area contributed by atoms with Gasteiger partial charge in [0.05, 0.1) is 26.7 Å². The van der Waals surface area contributed by atoms with Crippen molar-refractivity contribution in [2.75, 3.05) is 27.7 Å². The molecular weight excluding hydrogens is 447 g/mol. The van der Waals surface area contributed by atoms with E-state index in [4.69, 9.17) is 14.0 Å². The molecule has 0 amide bonds. The summed E-state index contributed by atoms with van der Waals surface area (Å²) in [5.74, 6) is -0.121. The van der Waals surface area contributed by atoms with Crippen molar-refractivity contribution in [1.82, 2.24) is 0 Å². The molecule has 0 bridgehead atoms. The van der Waals surface area contributed by atoms with Crippen LogP contribution in [0.5, 0.6) is 11.5 Å². The van der Waals surface area contributed by atoms with Crippen molar-refractivity contribution in [2.45, 2.75) is 71.8 Å². The van der Waals surface area contributed by atoms with Gasteiger partial charge in [0.2, 0.25) is 0 Å². The SMILES string of the molecule is CCCCCCOB(Oc1cccc(F)c1)Oc1cccc(F)c1C[N+](C)(C)C.[CH2-]CCCCC. The Hall–Kier alpha value is -2.12. The van der Waals surface area contributed by atoms with Crippen LogP contribution in [0, 0.1) is 18.6 Å². The molecule has 0 heterocycles. The predicted octanol–water partition coefficient (Wildman–Crippen LogP) is 7.61. The van der Waals surface area contributed by atoms with Gasteiger partial charge in [-0.15, -0.1) is 0 Å². The topological polar surface area (TPSA) is 27.7 Å². The monoisotopic (exact) mass is 491 g/mol. The van der Waals surface area contributed by atoms with Crippen LogP contribution in [0.1, 0.15) is 70.8 Å². The van der Waals surface area contributed by atoms with E-state index in [2.05, 4.69) is 20.8 Å². The molecule has 0 N–H and O–H groups in total. The maximum atomic E-state index is 14.5. The predicted molar refractivity (Wildman–Crippen MR) is 141 cm³/mol. The fourth-order valence-electron chi connectivity index (χ4n) is 3.26. The molecule has 2 aromatic carbocycles. The van der Waals surface area contributed by atoms with Crippen molar-refractivity contribution in [1.29, 1.82) is 0 Å². The van der Waals surface area contributed by atoms with Crippen molar-refractivity contribution in [2.24, 2.45) is 0 Å². The minimum Gasteiger partial charge on any atom is -0.501 e. The fraction of sp³-hybridized carbons (Fsp3) is 0.536. The van der Waals surface area contributed by atoms with E-state index in [9.17, 15) is 8.78 Å². The molecule has 0 aromatic heterocycles. The van der Waals surface area contributed by atoms with Gasteiger partial charge in [0.1, 0.15) is 29.7 Å². The summed E-state index contributed by atoms with van der Waals surface area (Å²) in [6.07, 6.45) is 9.21. The molecule has 0 aliphatic carbocycles. The van der Waals surface area contributed by atoms with Gasteiger partial charge in [0.15, 0.2) is 0 Å². The highest BCUT2D eigenvalue weighted by Gasteiger charge is 2.30. The second-order valence-corrected chi connectivity index (χ2v) is 9.64. The molecular formula is C28H44BF2NO3. The first-order valence-electron chi connectivity index (χ1n) is 12.8. The number of hydrogen-bond donors (Lipinski definition) is 0. The molecule has 0 fully saturated rings. The number of hydrogen-bond acceptors (Lipinski definition) is 3. The third-order valence-corrected chi connectivity index (χ3v) is 5.07. The van der Waals surface area contributed by atoms with Crippen LogP contribution in [0.4, 0.5) is 8.78 Å². The van der Waals surface area contributed by atoms with Gasteiger partial charge in [-0.25, -0.2) is 8.78 Å². The molecule has 0 spiro atoms. The van der Waals surface area contributed by atoms with E-state index in [1.165, 1.54) is 37.5 Å². The quantitative estimate of drug-likeness (QED) is 0.111. The normalized spacial score (nSPS) is 11.0. The number of benzene rings is 2. The van der Waals surface area contributed by atoms with E-state index in [1.807, 2.05) is 21.1 Å². The summed E-state index contributed by atoms with van der Waals surface area (Å²) in [6.45, 7) is 8.93. The number of unbranched alkanes of at least 4 members (excludes halogenated alkanes) is 6. The summed E-state index contributed by atoms with van der Waals surface area (Å²) in [6, 6.07) is 10.5. The highest BCUT2D eigenvalue weighted by atomic mass is 19.1. The van der Waals surface area contributed by atoms with E-state index in [0.717, 1.165) is 32.1 Å². The standard InChI is InChI=1S/C22H31BF2NO3.C6H13/c1-5-6-7-8-15-27-23(28-19-12-9-11-18(24)16-19)29-22-14-10-13-21(25)20(22)17-26(2,3)4;1-3-5-6-4-2/h9-14,16H,5-8,15,17H2,1-4H3;1,3-6H2,2H3/q+1;-1. The molecule has 0 radical (unpaired) electrons. The highest BCUT2D eigenvalue weighted by molar-refractivity contribution is 6.38. The Morgan fingerprint density at radius 2 is 1.54 bits per heavy atom. The molecule has 4 nitrogen and oxygen atoms in total. The van der Waals surface area contributed by atoms with Crippen molar-refractivity contribution in [3.8, 4) is 11.5 Å². The van der Waals surface area contributed by atoms with E-state index >= 15 is 0 Å². The number of rotatable bonds is 15. The van der Waals surface area contributed by atoms with E-state index in [0.29, 0.717) is 28.9 Å². The fourth-order valence-corrected chi connectivity index (χ4v) is 3.26. The molecule has 0 saturated carbocycles. The average molecular weight is 491 g/mol. The van der Waals surface area contributed by atoms with Crippen LogP contribution in [0.3, 0.4) is 0 Å². The van der Waals surface area contributed by atoms with Crippen LogP contribution in [0.25, 0.3) is 0 Å². The van der Waals surface area contributed by atoms with Crippen molar-refractivity contribution in [3.05, 3.63) is 66.6 Å². The second kappa shape index (κ2) is 17.3. The van der Waals surface area contributed by atoms with Gasteiger partial charge in [-0.3, -0.25) is 0 Å². The summed E-state index contributed by atoms with van der Waals surface area (Å²) in [7, 11) is 4.82. The van der Waals surface area contributed by atoms with Crippen LogP contribution in [0.15, 0.2) is 42.5 Å². The Kier molecular flexibility index (Phi) is 15.3. The zero-order valence-electron chi connectivity index (χ0n) is 22.3. The maximum absolute atomic E-state index is 14.5. The molecule has 0 atom stereocenters. The largest absolute Gasteiger partial charge is 0.788 e. The first-order chi connectivity index (χ1) is 16.7. The van der Waals surface area contributed by atoms with E-state index in [1.54, 1.807) is 24.3 Å². The molecule has 2 rings (SSSR count). The minimum atomic E-state index is -1.11. The Morgan fingerprint density at radius 1 is 0.857 bits per heavy atom. The number of quaternary nitrogens is 1. The molecule has 7 heteroatoms. The first kappa shape index (κ1) is 30.9. The van der Waals surface area contributed by atoms with Gasteiger partial charge in [-0.1, -0.05) is 64.5 Å². The van der Waals surface area contributed by atoms with Gasteiger partial charge in [-0.2, -0.15) is 6.42 Å². The van der Waals surface area contributed by atoms with Crippen LogP contribution in [-0.2, 0) is 11.2 Å². The zero-order chi connectivity index (χ0) is 26.1. The summed E-state index contributed by atoms with van der Waals surface area (Å²) in [4.78, 5) is 0. The van der Waals surface area contributed by atoms with Crippen LogP contribution >= 0.6 is 0 Å². The average Bonchev–Trinajstić information content (AvgIpc) is 2.79. The zero-order valence-corrected chi connectivity index (χ0v) is 22.3. The molecule has 0 saturated heterocycles. The van der Waals surface area contributed by atoms with Crippen LogP contribution < -0.4 is 9.31 Å². The molecule has 35 heavy (non-hydrogen) atoms. The molecule has 196 valence electrons. The third kappa shape index (κ3) is 14.1. The molecule has 0 aliphatic rings. The lowest BCUT2D eigenvalue weighted by molar-refractivity contribution is -0.884. The van der Waals surface area contributed by atoms with Gasteiger partial charge < -0.3 is 25.4 Å². The lowest BCUT2D eigenvalue weighted by atomic mass is 10.1. The summed E-state index contributed by atoms with van der Waals surface area (Å²) >= 11 is 0. The number of halogens is 2. The minimum absolute atomic E-state index is 0.285. The lowest BCUT2D eigenvalue weighted by Crippen LogP contribution is -2.36. The summed E-state index contributed by atoms with van der Waals surface area (Å²) in [5, 5.41) is 0. The molecule has 0 aliphatic heterocycles. The Morgan fingerprint density at radius 3 is 2.14 bits per heavy atom. The third-order valence-electron chi connectivity index (χ3n) is 5.07. The van der Waals surface area contributed by atoms with Crippen LogP contribution in [-0.4, -0.2) is 39.6 Å². The van der Waals surface area contributed by atoms with Gasteiger partial charge >= 0.3 is 7.32 Å². The molecule has 2 aromatic rings. The van der Waals surface area contributed by atoms with Crippen molar-refractivity contribution < 1.29 is 27.2 Å². The number of nitrogens with zero attached hydrogens (tertiary/aromatic N) is 1. The van der Waals surface area contributed by atoms with Crippen molar-refractivity contribution in [3.63, 3.8) is 0 Å². The van der Waals surface area contributed by atoms with Crippen molar-refractivity contribution >= 4 is 7.32 Å². The Balaban J connectivity index is 0.000000905.